The molecule has 92 valence electrons. The Morgan fingerprint density at radius 2 is 1.69 bits per heavy atom. The van der Waals surface area contributed by atoms with Crippen molar-refractivity contribution in [3.8, 4) is 0 Å². The van der Waals surface area contributed by atoms with Crippen molar-refractivity contribution in [1.29, 1.82) is 0 Å². The van der Waals surface area contributed by atoms with E-state index in [4.69, 9.17) is 0 Å². The van der Waals surface area contributed by atoms with Crippen molar-refractivity contribution in [2.45, 2.75) is 70.9 Å². The van der Waals surface area contributed by atoms with E-state index >= 15 is 0 Å². The zero-order valence-corrected chi connectivity index (χ0v) is 10.5. The van der Waals surface area contributed by atoms with Crippen LogP contribution in [-0.4, -0.2) is 18.1 Å². The van der Waals surface area contributed by atoms with E-state index in [1.54, 1.807) is 0 Å². The standard InChI is InChI=1S/C13H24N2O/c1-13(2)8-4-7-11(9-13)15-12(16)14-10-5-3-6-10/h10-11H,3-9H2,1-2H3,(H2,14,15,16). The summed E-state index contributed by atoms with van der Waals surface area (Å²) in [5.74, 6) is 0. The smallest absolute Gasteiger partial charge is 0.315 e. The van der Waals surface area contributed by atoms with Crippen LogP contribution in [0, 0.1) is 5.41 Å². The maximum Gasteiger partial charge on any atom is 0.315 e. The quantitative estimate of drug-likeness (QED) is 0.744. The summed E-state index contributed by atoms with van der Waals surface area (Å²) in [6, 6.07) is 0.868. The monoisotopic (exact) mass is 224 g/mol. The number of rotatable bonds is 2. The van der Waals surface area contributed by atoms with Gasteiger partial charge in [0.2, 0.25) is 0 Å². The van der Waals surface area contributed by atoms with Gasteiger partial charge in [0, 0.05) is 12.1 Å². The predicted octanol–water partition coefficient (Wildman–Crippen LogP) is 2.81. The highest BCUT2D eigenvalue weighted by Crippen LogP contribution is 2.35. The minimum absolute atomic E-state index is 0.0485. The van der Waals surface area contributed by atoms with Gasteiger partial charge in [-0.25, -0.2) is 4.79 Å². The summed E-state index contributed by atoms with van der Waals surface area (Å²) in [6.45, 7) is 4.59. The fraction of sp³-hybridized carbons (Fsp3) is 0.923. The molecular weight excluding hydrogens is 200 g/mol. The summed E-state index contributed by atoms with van der Waals surface area (Å²) in [4.78, 5) is 11.7. The SMILES string of the molecule is CC1(C)CCCC(NC(=O)NC2CCC2)C1. The average molecular weight is 224 g/mol. The molecule has 0 aromatic heterocycles. The van der Waals surface area contributed by atoms with E-state index in [9.17, 15) is 4.79 Å². The normalized spacial score (nSPS) is 29.2. The molecule has 2 saturated carbocycles. The maximum atomic E-state index is 11.7. The molecule has 0 spiro atoms. The number of amides is 2. The molecule has 1 atom stereocenters. The van der Waals surface area contributed by atoms with E-state index in [-0.39, 0.29) is 6.03 Å². The summed E-state index contributed by atoms with van der Waals surface area (Å²) in [5, 5.41) is 6.16. The van der Waals surface area contributed by atoms with Crippen LogP contribution in [0.3, 0.4) is 0 Å². The van der Waals surface area contributed by atoms with Crippen LogP contribution in [0.2, 0.25) is 0 Å². The molecule has 3 nitrogen and oxygen atoms in total. The summed E-state index contributed by atoms with van der Waals surface area (Å²) >= 11 is 0. The molecule has 2 aliphatic rings. The Morgan fingerprint density at radius 1 is 1.06 bits per heavy atom. The number of hydrogen-bond donors (Lipinski definition) is 2. The highest BCUT2D eigenvalue weighted by molar-refractivity contribution is 5.74. The van der Waals surface area contributed by atoms with Crippen molar-refractivity contribution in [2.75, 3.05) is 0 Å². The van der Waals surface area contributed by atoms with E-state index in [0.717, 1.165) is 25.7 Å². The number of hydrogen-bond acceptors (Lipinski definition) is 1. The molecule has 2 fully saturated rings. The summed E-state index contributed by atoms with van der Waals surface area (Å²) in [5.41, 5.74) is 0.396. The average Bonchev–Trinajstić information content (AvgIpc) is 2.10. The number of urea groups is 1. The van der Waals surface area contributed by atoms with Gasteiger partial charge in [0.25, 0.3) is 0 Å². The second-order valence-corrected chi connectivity index (χ2v) is 6.20. The topological polar surface area (TPSA) is 41.1 Å². The van der Waals surface area contributed by atoms with Crippen LogP contribution in [0.5, 0.6) is 0 Å². The first kappa shape index (κ1) is 11.7. The van der Waals surface area contributed by atoms with Gasteiger partial charge >= 0.3 is 6.03 Å². The lowest BCUT2D eigenvalue weighted by atomic mass is 9.75. The minimum atomic E-state index is 0.0485. The molecule has 2 aliphatic carbocycles. The van der Waals surface area contributed by atoms with Gasteiger partial charge in [0.05, 0.1) is 0 Å². The highest BCUT2D eigenvalue weighted by Gasteiger charge is 2.29. The summed E-state index contributed by atoms with van der Waals surface area (Å²) in [6.07, 6.45) is 8.36. The van der Waals surface area contributed by atoms with Crippen molar-refractivity contribution in [3.63, 3.8) is 0 Å². The fourth-order valence-electron chi connectivity index (χ4n) is 2.79. The second kappa shape index (κ2) is 4.64. The molecule has 0 aromatic carbocycles. The van der Waals surface area contributed by atoms with E-state index in [0.29, 0.717) is 17.5 Å². The Labute approximate surface area is 98.4 Å². The molecule has 0 aliphatic heterocycles. The van der Waals surface area contributed by atoms with Crippen LogP contribution in [-0.2, 0) is 0 Å². The predicted molar refractivity (Wildman–Crippen MR) is 65.3 cm³/mol. The maximum absolute atomic E-state index is 11.7. The Hall–Kier alpha value is -0.730. The lowest BCUT2D eigenvalue weighted by Crippen LogP contribution is -2.50. The van der Waals surface area contributed by atoms with Gasteiger partial charge in [-0.05, 0) is 43.9 Å². The first-order valence-corrected chi connectivity index (χ1v) is 6.62. The third kappa shape index (κ3) is 3.13. The van der Waals surface area contributed by atoms with Crippen molar-refractivity contribution in [1.82, 2.24) is 10.6 Å². The van der Waals surface area contributed by atoms with Crippen LogP contribution < -0.4 is 10.6 Å². The van der Waals surface area contributed by atoms with Crippen molar-refractivity contribution >= 4 is 6.03 Å². The molecule has 1 unspecified atom stereocenters. The third-order valence-electron chi connectivity index (χ3n) is 3.98. The lowest BCUT2D eigenvalue weighted by Gasteiger charge is -2.36. The number of carbonyl (C=O) groups is 1. The Bertz CT molecular complexity index is 259. The molecule has 0 radical (unpaired) electrons. The molecule has 16 heavy (non-hydrogen) atoms. The minimum Gasteiger partial charge on any atom is -0.335 e. The Kier molecular flexibility index (Phi) is 3.41. The highest BCUT2D eigenvalue weighted by atomic mass is 16.2. The second-order valence-electron chi connectivity index (χ2n) is 6.20. The van der Waals surface area contributed by atoms with E-state index in [1.807, 2.05) is 0 Å². The zero-order valence-electron chi connectivity index (χ0n) is 10.5. The Morgan fingerprint density at radius 3 is 2.25 bits per heavy atom. The summed E-state index contributed by atoms with van der Waals surface area (Å²) in [7, 11) is 0. The molecule has 2 amide bonds. The molecule has 2 rings (SSSR count). The first-order valence-electron chi connectivity index (χ1n) is 6.62. The molecule has 3 heteroatoms. The van der Waals surface area contributed by atoms with E-state index < -0.39 is 0 Å². The third-order valence-corrected chi connectivity index (χ3v) is 3.98. The zero-order chi connectivity index (χ0) is 11.6. The van der Waals surface area contributed by atoms with Gasteiger partial charge in [-0.3, -0.25) is 0 Å². The number of nitrogens with one attached hydrogen (secondary N) is 2. The fourth-order valence-corrected chi connectivity index (χ4v) is 2.79. The van der Waals surface area contributed by atoms with Gasteiger partial charge in [-0.2, -0.15) is 0 Å². The largest absolute Gasteiger partial charge is 0.335 e. The first-order chi connectivity index (χ1) is 7.55. The van der Waals surface area contributed by atoms with Gasteiger partial charge in [-0.1, -0.05) is 20.3 Å². The van der Waals surface area contributed by atoms with Crippen LogP contribution in [0.25, 0.3) is 0 Å². The van der Waals surface area contributed by atoms with Crippen LogP contribution in [0.4, 0.5) is 4.79 Å². The van der Waals surface area contributed by atoms with Crippen LogP contribution in [0.15, 0.2) is 0 Å². The molecule has 0 aromatic rings. The van der Waals surface area contributed by atoms with Crippen LogP contribution >= 0.6 is 0 Å². The lowest BCUT2D eigenvalue weighted by molar-refractivity contribution is 0.187. The molecule has 2 N–H and O–H groups in total. The molecule has 0 heterocycles. The van der Waals surface area contributed by atoms with Crippen molar-refractivity contribution < 1.29 is 4.79 Å². The Balaban J connectivity index is 1.73. The van der Waals surface area contributed by atoms with Gasteiger partial charge in [0.15, 0.2) is 0 Å². The van der Waals surface area contributed by atoms with Crippen molar-refractivity contribution in [3.05, 3.63) is 0 Å². The van der Waals surface area contributed by atoms with E-state index in [1.165, 1.54) is 19.3 Å². The molecule has 0 bridgehead atoms. The summed E-state index contributed by atoms with van der Waals surface area (Å²) < 4.78 is 0. The van der Waals surface area contributed by atoms with Gasteiger partial charge in [-0.15, -0.1) is 0 Å². The van der Waals surface area contributed by atoms with Crippen molar-refractivity contribution in [2.24, 2.45) is 5.41 Å². The van der Waals surface area contributed by atoms with Crippen LogP contribution in [0.1, 0.15) is 58.8 Å². The van der Waals surface area contributed by atoms with Gasteiger partial charge in [0.1, 0.15) is 0 Å². The molecule has 0 saturated heterocycles. The van der Waals surface area contributed by atoms with E-state index in [2.05, 4.69) is 24.5 Å². The molecular formula is C13H24N2O. The van der Waals surface area contributed by atoms with Gasteiger partial charge < -0.3 is 10.6 Å². The number of carbonyl (C=O) groups excluding carboxylic acids is 1.